The Morgan fingerprint density at radius 3 is 3.00 bits per heavy atom. The van der Waals surface area contributed by atoms with Crippen LogP contribution in [0.1, 0.15) is 13.3 Å². The van der Waals surface area contributed by atoms with Crippen LogP contribution in [0.15, 0.2) is 23.1 Å². The number of pyridine rings is 1. The zero-order valence-corrected chi connectivity index (χ0v) is 10.8. The van der Waals surface area contributed by atoms with Gasteiger partial charge in [-0.3, -0.25) is 14.4 Å². The van der Waals surface area contributed by atoms with Crippen molar-refractivity contribution >= 4 is 28.5 Å². The SMILES string of the molecule is CC(=O)SCC1CC(=O)N(c2ccc[nH]c2=O)C1. The maximum absolute atomic E-state index is 11.9. The van der Waals surface area contributed by atoms with Crippen LogP contribution in [-0.2, 0) is 9.59 Å². The summed E-state index contributed by atoms with van der Waals surface area (Å²) in [5.74, 6) is 0.703. The summed E-state index contributed by atoms with van der Waals surface area (Å²) in [6, 6.07) is 3.33. The summed E-state index contributed by atoms with van der Waals surface area (Å²) >= 11 is 1.23. The lowest BCUT2D eigenvalue weighted by Gasteiger charge is -2.15. The number of carbonyl (C=O) groups excluding carboxylic acids is 2. The lowest BCUT2D eigenvalue weighted by Crippen LogP contribution is -2.30. The molecule has 96 valence electrons. The minimum atomic E-state index is -0.259. The number of hydrogen-bond acceptors (Lipinski definition) is 4. The lowest BCUT2D eigenvalue weighted by molar-refractivity contribution is -0.117. The van der Waals surface area contributed by atoms with E-state index in [1.54, 1.807) is 12.1 Å². The third-order valence-electron chi connectivity index (χ3n) is 2.82. The summed E-state index contributed by atoms with van der Waals surface area (Å²) < 4.78 is 0. The molecule has 1 amide bonds. The minimum Gasteiger partial charge on any atom is -0.327 e. The van der Waals surface area contributed by atoms with E-state index >= 15 is 0 Å². The molecule has 1 fully saturated rings. The Bertz CT molecular complexity index is 526. The van der Waals surface area contributed by atoms with Crippen molar-refractivity contribution in [1.82, 2.24) is 4.98 Å². The smallest absolute Gasteiger partial charge is 0.271 e. The van der Waals surface area contributed by atoms with Crippen molar-refractivity contribution in [3.8, 4) is 0 Å². The van der Waals surface area contributed by atoms with Crippen LogP contribution in [0.3, 0.4) is 0 Å². The molecule has 0 bridgehead atoms. The Kier molecular flexibility index (Phi) is 3.86. The molecule has 18 heavy (non-hydrogen) atoms. The quantitative estimate of drug-likeness (QED) is 0.886. The second-order valence-electron chi connectivity index (χ2n) is 4.26. The zero-order valence-electron chi connectivity index (χ0n) is 10.0. The van der Waals surface area contributed by atoms with Crippen molar-refractivity contribution in [1.29, 1.82) is 0 Å². The van der Waals surface area contributed by atoms with E-state index < -0.39 is 0 Å². The number of nitrogens with one attached hydrogen (secondary N) is 1. The van der Waals surface area contributed by atoms with Gasteiger partial charge in [0, 0.05) is 31.8 Å². The largest absolute Gasteiger partial charge is 0.327 e. The fraction of sp³-hybridized carbons (Fsp3) is 0.417. The van der Waals surface area contributed by atoms with E-state index in [4.69, 9.17) is 0 Å². The first-order valence-corrected chi connectivity index (χ1v) is 6.68. The second kappa shape index (κ2) is 5.39. The predicted molar refractivity (Wildman–Crippen MR) is 70.7 cm³/mol. The van der Waals surface area contributed by atoms with E-state index in [9.17, 15) is 14.4 Å². The highest BCUT2D eigenvalue weighted by atomic mass is 32.2. The van der Waals surface area contributed by atoms with E-state index in [0.29, 0.717) is 24.4 Å². The number of carbonyl (C=O) groups is 2. The third-order valence-corrected chi connectivity index (χ3v) is 3.86. The van der Waals surface area contributed by atoms with Crippen LogP contribution in [0.2, 0.25) is 0 Å². The van der Waals surface area contributed by atoms with E-state index in [2.05, 4.69) is 4.98 Å². The number of rotatable bonds is 3. The molecule has 5 nitrogen and oxygen atoms in total. The van der Waals surface area contributed by atoms with Crippen LogP contribution in [0.5, 0.6) is 0 Å². The number of amides is 1. The molecule has 0 saturated carbocycles. The highest BCUT2D eigenvalue weighted by molar-refractivity contribution is 8.13. The molecule has 1 N–H and O–H groups in total. The number of anilines is 1. The molecule has 1 saturated heterocycles. The van der Waals surface area contributed by atoms with Crippen LogP contribution in [0.25, 0.3) is 0 Å². The van der Waals surface area contributed by atoms with Gasteiger partial charge in [0.15, 0.2) is 5.12 Å². The molecular weight excluding hydrogens is 252 g/mol. The summed E-state index contributed by atoms with van der Waals surface area (Å²) in [6.07, 6.45) is 1.93. The monoisotopic (exact) mass is 266 g/mol. The van der Waals surface area contributed by atoms with Crippen LogP contribution < -0.4 is 10.5 Å². The highest BCUT2D eigenvalue weighted by Gasteiger charge is 2.31. The molecule has 1 aliphatic rings. The Labute approximate surface area is 109 Å². The molecule has 1 aliphatic heterocycles. The van der Waals surface area contributed by atoms with Gasteiger partial charge < -0.3 is 9.88 Å². The normalized spacial score (nSPS) is 19.3. The second-order valence-corrected chi connectivity index (χ2v) is 5.46. The molecule has 1 unspecified atom stereocenters. The van der Waals surface area contributed by atoms with Gasteiger partial charge in [-0.2, -0.15) is 0 Å². The fourth-order valence-corrected chi connectivity index (χ4v) is 2.68. The number of thioether (sulfide) groups is 1. The first-order valence-electron chi connectivity index (χ1n) is 5.69. The summed E-state index contributed by atoms with van der Waals surface area (Å²) in [4.78, 5) is 38.4. The summed E-state index contributed by atoms with van der Waals surface area (Å²) in [5.41, 5.74) is 0.128. The zero-order chi connectivity index (χ0) is 13.1. The van der Waals surface area contributed by atoms with Gasteiger partial charge in [-0.05, 0) is 18.1 Å². The van der Waals surface area contributed by atoms with Crippen LogP contribution in [0.4, 0.5) is 5.69 Å². The van der Waals surface area contributed by atoms with Gasteiger partial charge in [0.2, 0.25) is 5.91 Å². The third kappa shape index (κ3) is 2.81. The maximum atomic E-state index is 11.9. The van der Waals surface area contributed by atoms with Crippen molar-refractivity contribution in [3.63, 3.8) is 0 Å². The molecule has 0 aliphatic carbocycles. The van der Waals surface area contributed by atoms with Crippen molar-refractivity contribution in [2.75, 3.05) is 17.2 Å². The Morgan fingerprint density at radius 1 is 1.56 bits per heavy atom. The molecule has 1 aromatic heterocycles. The van der Waals surface area contributed by atoms with E-state index in [0.717, 1.165) is 0 Å². The average Bonchev–Trinajstić information content (AvgIpc) is 2.69. The maximum Gasteiger partial charge on any atom is 0.271 e. The molecule has 0 radical (unpaired) electrons. The fourth-order valence-electron chi connectivity index (χ4n) is 1.99. The number of hydrogen-bond donors (Lipinski definition) is 1. The summed E-state index contributed by atoms with van der Waals surface area (Å²) in [6.45, 7) is 2.02. The standard InChI is InChI=1S/C12H14N2O3S/c1-8(15)18-7-9-5-11(16)14(6-9)10-3-2-4-13-12(10)17/h2-4,9H,5-7H2,1H3,(H,13,17). The number of H-pyrrole nitrogens is 1. The Morgan fingerprint density at radius 2 is 2.33 bits per heavy atom. The van der Waals surface area contributed by atoms with Crippen molar-refractivity contribution in [2.24, 2.45) is 5.92 Å². The predicted octanol–water partition coefficient (Wildman–Crippen LogP) is 1.01. The Hall–Kier alpha value is -1.56. The molecule has 1 atom stereocenters. The van der Waals surface area contributed by atoms with Gasteiger partial charge in [-0.1, -0.05) is 11.8 Å². The van der Waals surface area contributed by atoms with Crippen molar-refractivity contribution < 1.29 is 9.59 Å². The Balaban J connectivity index is 2.08. The van der Waals surface area contributed by atoms with Gasteiger partial charge in [-0.15, -0.1) is 0 Å². The molecule has 2 heterocycles. The van der Waals surface area contributed by atoms with Crippen LogP contribution in [0, 0.1) is 5.92 Å². The van der Waals surface area contributed by atoms with Gasteiger partial charge in [0.25, 0.3) is 5.56 Å². The highest BCUT2D eigenvalue weighted by Crippen LogP contribution is 2.25. The topological polar surface area (TPSA) is 70.2 Å². The molecule has 0 spiro atoms. The number of nitrogens with zero attached hydrogens (tertiary/aromatic N) is 1. The van der Waals surface area contributed by atoms with Crippen molar-refractivity contribution in [2.45, 2.75) is 13.3 Å². The van der Waals surface area contributed by atoms with Crippen LogP contribution in [-0.4, -0.2) is 28.3 Å². The molecule has 0 aromatic carbocycles. The van der Waals surface area contributed by atoms with Crippen molar-refractivity contribution in [3.05, 3.63) is 28.7 Å². The molecule has 1 aromatic rings. The van der Waals surface area contributed by atoms with Crippen LogP contribution >= 0.6 is 11.8 Å². The lowest BCUT2D eigenvalue weighted by atomic mass is 10.1. The summed E-state index contributed by atoms with van der Waals surface area (Å²) in [5, 5.41) is 0.0541. The van der Waals surface area contributed by atoms with E-state index in [1.165, 1.54) is 29.8 Å². The van der Waals surface area contributed by atoms with Gasteiger partial charge in [0.1, 0.15) is 5.69 Å². The van der Waals surface area contributed by atoms with Gasteiger partial charge in [0.05, 0.1) is 0 Å². The first kappa shape index (κ1) is 12.9. The van der Waals surface area contributed by atoms with Gasteiger partial charge >= 0.3 is 0 Å². The molecule has 2 rings (SSSR count). The van der Waals surface area contributed by atoms with E-state index in [-0.39, 0.29) is 22.5 Å². The van der Waals surface area contributed by atoms with E-state index in [1.807, 2.05) is 0 Å². The summed E-state index contributed by atoms with van der Waals surface area (Å²) in [7, 11) is 0. The molecule has 6 heteroatoms. The first-order chi connectivity index (χ1) is 8.58. The average molecular weight is 266 g/mol. The van der Waals surface area contributed by atoms with Gasteiger partial charge in [-0.25, -0.2) is 0 Å². The number of aromatic nitrogens is 1. The molecular formula is C12H14N2O3S. The number of aromatic amines is 1. The minimum absolute atomic E-state index is 0.0541.